The maximum Gasteiger partial charge on any atom is 0.341 e. The Morgan fingerprint density at radius 2 is 2.00 bits per heavy atom. The summed E-state index contributed by atoms with van der Waals surface area (Å²) >= 11 is 3.46. The van der Waals surface area contributed by atoms with Gasteiger partial charge in [-0.2, -0.15) is 0 Å². The van der Waals surface area contributed by atoms with E-state index in [2.05, 4.69) is 32.9 Å². The van der Waals surface area contributed by atoms with Crippen LogP contribution in [0.1, 0.15) is 5.56 Å². The van der Waals surface area contributed by atoms with Crippen molar-refractivity contribution in [3.63, 3.8) is 0 Å². The van der Waals surface area contributed by atoms with E-state index in [0.717, 1.165) is 9.26 Å². The number of nitrogens with one attached hydrogen (secondary N) is 1. The Bertz CT molecular complexity index is 973. The molecule has 3 rings (SSSR count). The summed E-state index contributed by atoms with van der Waals surface area (Å²) in [5.41, 5.74) is 1.47. The third kappa shape index (κ3) is 5.26. The van der Waals surface area contributed by atoms with Gasteiger partial charge < -0.3 is 19.9 Å². The third-order valence-corrected chi connectivity index (χ3v) is 5.17. The molecule has 2 N–H and O–H groups in total. The number of methoxy groups -OCH3 is 1. The molecule has 144 valence electrons. The van der Waals surface area contributed by atoms with Gasteiger partial charge in [-0.1, -0.05) is 6.07 Å². The van der Waals surface area contributed by atoms with Crippen molar-refractivity contribution >= 4 is 63.2 Å². The minimum absolute atomic E-state index is 0.237. The SMILES string of the molecule is COc1cc(/C=C2/SC(=Nc3ccc(I)cc3)NC2=O)ccc1OCC(=O)O. The Balaban J connectivity index is 1.78. The summed E-state index contributed by atoms with van der Waals surface area (Å²) in [7, 11) is 1.46. The van der Waals surface area contributed by atoms with Gasteiger partial charge in [0.25, 0.3) is 5.91 Å². The molecule has 1 heterocycles. The van der Waals surface area contributed by atoms with Crippen molar-refractivity contribution in [2.75, 3.05) is 13.7 Å². The zero-order valence-corrected chi connectivity index (χ0v) is 17.6. The van der Waals surface area contributed by atoms with Crippen LogP contribution in [0.5, 0.6) is 11.5 Å². The number of halogens is 1. The molecule has 2 aromatic rings. The van der Waals surface area contributed by atoms with Crippen molar-refractivity contribution in [3.05, 3.63) is 56.5 Å². The number of hydrogen-bond acceptors (Lipinski definition) is 6. The summed E-state index contributed by atoms with van der Waals surface area (Å²) in [5.74, 6) is -0.616. The van der Waals surface area contributed by atoms with E-state index < -0.39 is 12.6 Å². The number of rotatable bonds is 6. The van der Waals surface area contributed by atoms with E-state index in [4.69, 9.17) is 14.6 Å². The standard InChI is InChI=1S/C19H15IN2O5S/c1-26-15-8-11(2-7-14(15)27-10-17(23)24)9-16-18(25)22-19(28-16)21-13-5-3-12(20)4-6-13/h2-9H,10H2,1H3,(H,23,24)(H,21,22,25)/b16-9+. The number of benzene rings is 2. The fourth-order valence-electron chi connectivity index (χ4n) is 2.30. The minimum Gasteiger partial charge on any atom is -0.493 e. The van der Waals surface area contributed by atoms with Crippen LogP contribution in [0.25, 0.3) is 6.08 Å². The number of thioether (sulfide) groups is 1. The minimum atomic E-state index is -1.08. The molecule has 1 saturated heterocycles. The monoisotopic (exact) mass is 510 g/mol. The highest BCUT2D eigenvalue weighted by Crippen LogP contribution is 2.32. The molecule has 0 aliphatic carbocycles. The van der Waals surface area contributed by atoms with Gasteiger partial charge in [0.05, 0.1) is 17.7 Å². The van der Waals surface area contributed by atoms with Gasteiger partial charge in [0.2, 0.25) is 0 Å². The fourth-order valence-corrected chi connectivity index (χ4v) is 3.50. The normalized spacial score (nSPS) is 16.3. The molecule has 1 amide bonds. The molecule has 0 unspecified atom stereocenters. The van der Waals surface area contributed by atoms with Gasteiger partial charge in [-0.3, -0.25) is 4.79 Å². The van der Waals surface area contributed by atoms with Crippen LogP contribution < -0.4 is 14.8 Å². The molecule has 0 atom stereocenters. The van der Waals surface area contributed by atoms with Crippen molar-refractivity contribution in [2.45, 2.75) is 0 Å². The molecule has 0 bridgehead atoms. The number of carbonyl (C=O) groups is 2. The van der Waals surface area contributed by atoms with E-state index in [1.807, 2.05) is 24.3 Å². The molecule has 0 aromatic heterocycles. The third-order valence-electron chi connectivity index (χ3n) is 3.54. The van der Waals surface area contributed by atoms with Gasteiger partial charge in [0.1, 0.15) is 0 Å². The van der Waals surface area contributed by atoms with Crippen LogP contribution in [0.3, 0.4) is 0 Å². The van der Waals surface area contributed by atoms with E-state index in [1.165, 1.54) is 18.9 Å². The molecule has 9 heteroatoms. The zero-order valence-electron chi connectivity index (χ0n) is 14.6. The molecule has 0 radical (unpaired) electrons. The van der Waals surface area contributed by atoms with Crippen molar-refractivity contribution in [1.82, 2.24) is 5.32 Å². The highest BCUT2D eigenvalue weighted by molar-refractivity contribution is 14.1. The molecule has 0 spiro atoms. The average Bonchev–Trinajstić information content (AvgIpc) is 3.01. The first-order valence-corrected chi connectivity index (χ1v) is 9.92. The van der Waals surface area contributed by atoms with E-state index in [9.17, 15) is 9.59 Å². The van der Waals surface area contributed by atoms with E-state index in [-0.39, 0.29) is 5.91 Å². The molecule has 7 nitrogen and oxygen atoms in total. The Labute approximate surface area is 179 Å². The molecular weight excluding hydrogens is 495 g/mol. The molecule has 28 heavy (non-hydrogen) atoms. The van der Waals surface area contributed by atoms with Crippen molar-refractivity contribution < 1.29 is 24.2 Å². The van der Waals surface area contributed by atoms with E-state index in [0.29, 0.717) is 27.1 Å². The Morgan fingerprint density at radius 1 is 1.25 bits per heavy atom. The van der Waals surface area contributed by atoms with Crippen LogP contribution in [-0.4, -0.2) is 35.9 Å². The van der Waals surface area contributed by atoms with Gasteiger partial charge in [-0.15, -0.1) is 0 Å². The lowest BCUT2D eigenvalue weighted by Crippen LogP contribution is -2.19. The lowest BCUT2D eigenvalue weighted by Gasteiger charge is -2.09. The smallest absolute Gasteiger partial charge is 0.341 e. The number of aliphatic carboxylic acids is 1. The first kappa shape index (κ1) is 20.2. The lowest BCUT2D eigenvalue weighted by molar-refractivity contribution is -0.139. The first-order valence-electron chi connectivity index (χ1n) is 8.02. The molecule has 1 aliphatic rings. The maximum absolute atomic E-state index is 12.2. The van der Waals surface area contributed by atoms with Gasteiger partial charge in [-0.25, -0.2) is 9.79 Å². The quantitative estimate of drug-likeness (QED) is 0.455. The maximum atomic E-state index is 12.2. The molecule has 1 fully saturated rings. The summed E-state index contributed by atoms with van der Waals surface area (Å²) < 4.78 is 11.5. The number of carboxylic acids is 1. The van der Waals surface area contributed by atoms with Crippen molar-refractivity contribution in [3.8, 4) is 11.5 Å². The molecule has 1 aliphatic heterocycles. The van der Waals surface area contributed by atoms with E-state index in [1.54, 1.807) is 24.3 Å². The number of ether oxygens (including phenoxy) is 2. The zero-order chi connectivity index (χ0) is 20.1. The van der Waals surface area contributed by atoms with Crippen molar-refractivity contribution in [1.29, 1.82) is 0 Å². The summed E-state index contributed by atoms with van der Waals surface area (Å²) in [5, 5.41) is 12.0. The van der Waals surface area contributed by atoms with Gasteiger partial charge in [0.15, 0.2) is 23.3 Å². The first-order chi connectivity index (χ1) is 13.4. The van der Waals surface area contributed by atoms with Gasteiger partial charge in [0, 0.05) is 3.57 Å². The average molecular weight is 510 g/mol. The Kier molecular flexibility index (Phi) is 6.57. The Hall–Kier alpha value is -2.53. The summed E-state index contributed by atoms with van der Waals surface area (Å²) in [4.78, 5) is 27.8. The van der Waals surface area contributed by atoms with Gasteiger partial charge >= 0.3 is 5.97 Å². The fraction of sp³-hybridized carbons (Fsp3) is 0.105. The number of nitrogens with zero attached hydrogens (tertiary/aromatic N) is 1. The largest absolute Gasteiger partial charge is 0.493 e. The van der Waals surface area contributed by atoms with Crippen LogP contribution in [0.4, 0.5) is 5.69 Å². The number of hydrogen-bond donors (Lipinski definition) is 2. The Morgan fingerprint density at radius 3 is 2.68 bits per heavy atom. The van der Waals surface area contributed by atoms with Crippen LogP contribution in [0, 0.1) is 3.57 Å². The molecule has 2 aromatic carbocycles. The topological polar surface area (TPSA) is 97.2 Å². The number of amides is 1. The summed E-state index contributed by atoms with van der Waals surface area (Å²) in [6.45, 7) is -0.465. The van der Waals surface area contributed by atoms with Crippen molar-refractivity contribution in [2.24, 2.45) is 4.99 Å². The second kappa shape index (κ2) is 9.11. The molecular formula is C19H15IN2O5S. The van der Waals surface area contributed by atoms with Crippen LogP contribution in [-0.2, 0) is 9.59 Å². The van der Waals surface area contributed by atoms with Gasteiger partial charge in [-0.05, 0) is 82.4 Å². The molecule has 0 saturated carbocycles. The number of carbonyl (C=O) groups excluding carboxylic acids is 1. The second-order valence-electron chi connectivity index (χ2n) is 5.55. The highest BCUT2D eigenvalue weighted by atomic mass is 127. The van der Waals surface area contributed by atoms with Crippen LogP contribution >= 0.6 is 34.4 Å². The lowest BCUT2D eigenvalue weighted by atomic mass is 10.2. The highest BCUT2D eigenvalue weighted by Gasteiger charge is 2.24. The number of carboxylic acid groups (broad SMARTS) is 1. The number of aliphatic imine (C=N–C) groups is 1. The predicted octanol–water partition coefficient (Wildman–Crippen LogP) is 3.65. The summed E-state index contributed by atoms with van der Waals surface area (Å²) in [6.07, 6.45) is 1.71. The summed E-state index contributed by atoms with van der Waals surface area (Å²) in [6, 6.07) is 12.6. The van der Waals surface area contributed by atoms with E-state index >= 15 is 0 Å². The predicted molar refractivity (Wildman–Crippen MR) is 116 cm³/mol. The van der Waals surface area contributed by atoms with Crippen LogP contribution in [0.2, 0.25) is 0 Å². The second-order valence-corrected chi connectivity index (χ2v) is 7.83. The number of amidine groups is 1. The van der Waals surface area contributed by atoms with Crippen LogP contribution in [0.15, 0.2) is 52.4 Å².